The molecule has 0 aliphatic rings. The normalized spacial score (nSPS) is 11.7. The first-order chi connectivity index (χ1) is 10.3. The lowest BCUT2D eigenvalue weighted by Gasteiger charge is -2.20. The molecule has 0 atom stereocenters. The summed E-state index contributed by atoms with van der Waals surface area (Å²) in [6.07, 6.45) is 22.1. The molecule has 21 heavy (non-hydrogen) atoms. The molecule has 0 aliphatic carbocycles. The molecule has 0 saturated heterocycles. The molecule has 0 rings (SSSR count). The zero-order valence-electron chi connectivity index (χ0n) is 15.6. The van der Waals surface area contributed by atoms with E-state index in [1.165, 1.54) is 77.0 Å². The number of rotatable bonds is 16. The Kier molecular flexibility index (Phi) is 17.1. The van der Waals surface area contributed by atoms with Gasteiger partial charge in [-0.25, -0.2) is 0 Å². The number of unbranched alkanes of at least 4 members (excludes halogenated alkanes) is 4. The van der Waals surface area contributed by atoms with Gasteiger partial charge in [0.1, 0.15) is 0 Å². The van der Waals surface area contributed by atoms with E-state index in [-0.39, 0.29) is 0 Å². The quantitative estimate of drug-likeness (QED) is 0.254. The summed E-state index contributed by atoms with van der Waals surface area (Å²) < 4.78 is 0. The largest absolute Gasteiger partial charge is 0.107 e. The Bertz CT molecular complexity index is 154. The summed E-state index contributed by atoms with van der Waals surface area (Å²) in [7, 11) is 0.371. The van der Waals surface area contributed by atoms with Crippen molar-refractivity contribution in [1.29, 1.82) is 0 Å². The molecule has 0 nitrogen and oxygen atoms in total. The second-order valence-corrected chi connectivity index (χ2v) is 9.52. The monoisotopic (exact) mass is 314 g/mol. The molecular formula is C20H43P. The maximum absolute atomic E-state index is 2.35. The molecule has 128 valence electrons. The van der Waals surface area contributed by atoms with E-state index in [4.69, 9.17) is 0 Å². The maximum atomic E-state index is 2.35. The van der Waals surface area contributed by atoms with E-state index < -0.39 is 0 Å². The van der Waals surface area contributed by atoms with Gasteiger partial charge in [0.2, 0.25) is 0 Å². The average molecular weight is 315 g/mol. The van der Waals surface area contributed by atoms with Crippen LogP contribution in [0.15, 0.2) is 0 Å². The van der Waals surface area contributed by atoms with Gasteiger partial charge in [0.05, 0.1) is 0 Å². The van der Waals surface area contributed by atoms with Crippen LogP contribution in [-0.4, -0.2) is 18.5 Å². The van der Waals surface area contributed by atoms with Crippen molar-refractivity contribution in [1.82, 2.24) is 0 Å². The van der Waals surface area contributed by atoms with E-state index in [0.717, 1.165) is 5.92 Å². The van der Waals surface area contributed by atoms with Gasteiger partial charge in [0.15, 0.2) is 0 Å². The molecule has 0 aromatic heterocycles. The summed E-state index contributed by atoms with van der Waals surface area (Å²) in [4.78, 5) is 0. The topological polar surface area (TPSA) is 0 Å². The lowest BCUT2D eigenvalue weighted by molar-refractivity contribution is 0.391. The van der Waals surface area contributed by atoms with Gasteiger partial charge in [0.25, 0.3) is 0 Å². The zero-order valence-corrected chi connectivity index (χ0v) is 16.5. The lowest BCUT2D eigenvalue weighted by Crippen LogP contribution is -2.03. The highest BCUT2D eigenvalue weighted by atomic mass is 31.1. The van der Waals surface area contributed by atoms with E-state index in [9.17, 15) is 0 Å². The molecule has 0 aromatic carbocycles. The molecule has 0 saturated carbocycles. The van der Waals surface area contributed by atoms with Crippen molar-refractivity contribution in [3.8, 4) is 0 Å². The Morgan fingerprint density at radius 3 is 1.33 bits per heavy atom. The van der Waals surface area contributed by atoms with Gasteiger partial charge in [0, 0.05) is 0 Å². The molecular weight excluding hydrogens is 271 g/mol. The van der Waals surface area contributed by atoms with Crippen molar-refractivity contribution in [2.45, 2.75) is 105 Å². The van der Waals surface area contributed by atoms with Gasteiger partial charge < -0.3 is 0 Å². The van der Waals surface area contributed by atoms with Gasteiger partial charge >= 0.3 is 0 Å². The summed E-state index contributed by atoms with van der Waals surface area (Å²) in [5.74, 6) is 1.04. The predicted molar refractivity (Wildman–Crippen MR) is 103 cm³/mol. The Labute approximate surface area is 137 Å². The molecule has 0 heterocycles. The SMILES string of the molecule is CCCCC(CCCC)CCCP(CCCC)CCCC. The molecule has 0 aliphatic heterocycles. The average Bonchev–Trinajstić information content (AvgIpc) is 2.51. The molecule has 0 aromatic rings. The van der Waals surface area contributed by atoms with Gasteiger partial charge in [-0.1, -0.05) is 85.5 Å². The molecule has 0 N–H and O–H groups in total. The third-order valence-electron chi connectivity index (χ3n) is 4.67. The fourth-order valence-electron chi connectivity index (χ4n) is 3.12. The van der Waals surface area contributed by atoms with E-state index in [1.807, 2.05) is 0 Å². The van der Waals surface area contributed by atoms with Crippen LogP contribution in [0.1, 0.15) is 105 Å². The second kappa shape index (κ2) is 16.8. The van der Waals surface area contributed by atoms with Crippen LogP contribution in [0.4, 0.5) is 0 Å². The first-order valence-electron chi connectivity index (χ1n) is 10.0. The van der Waals surface area contributed by atoms with Crippen molar-refractivity contribution in [2.24, 2.45) is 5.92 Å². The molecule has 0 fully saturated rings. The Hall–Kier alpha value is 0.430. The fourth-order valence-corrected chi connectivity index (χ4v) is 5.95. The first kappa shape index (κ1) is 21.4. The highest BCUT2D eigenvalue weighted by molar-refractivity contribution is 7.57. The Balaban J connectivity index is 3.96. The van der Waals surface area contributed by atoms with Crippen LogP contribution in [0.25, 0.3) is 0 Å². The standard InChI is InChI=1S/C20H43P/c1-5-9-14-20(15-10-6-2)16-13-19-21(17-11-7-3)18-12-8-4/h20H,5-19H2,1-4H3. The smallest absolute Gasteiger partial charge is 0.0326 e. The summed E-state index contributed by atoms with van der Waals surface area (Å²) in [6.45, 7) is 9.37. The number of hydrogen-bond donors (Lipinski definition) is 0. The Morgan fingerprint density at radius 2 is 0.905 bits per heavy atom. The minimum absolute atomic E-state index is 0.371. The van der Waals surface area contributed by atoms with E-state index in [1.54, 1.807) is 18.5 Å². The molecule has 0 radical (unpaired) electrons. The van der Waals surface area contributed by atoms with E-state index >= 15 is 0 Å². The summed E-state index contributed by atoms with van der Waals surface area (Å²) in [5.41, 5.74) is 0. The van der Waals surface area contributed by atoms with Crippen LogP contribution in [-0.2, 0) is 0 Å². The third kappa shape index (κ3) is 13.8. The van der Waals surface area contributed by atoms with Crippen LogP contribution in [0.2, 0.25) is 0 Å². The molecule has 0 unspecified atom stereocenters. The molecule has 0 amide bonds. The van der Waals surface area contributed by atoms with Crippen LogP contribution in [0.5, 0.6) is 0 Å². The molecule has 1 heteroatoms. The Morgan fingerprint density at radius 1 is 0.524 bits per heavy atom. The van der Waals surface area contributed by atoms with Crippen molar-refractivity contribution in [3.63, 3.8) is 0 Å². The van der Waals surface area contributed by atoms with Crippen LogP contribution < -0.4 is 0 Å². The van der Waals surface area contributed by atoms with Crippen molar-refractivity contribution < 1.29 is 0 Å². The van der Waals surface area contributed by atoms with Crippen molar-refractivity contribution in [2.75, 3.05) is 18.5 Å². The minimum atomic E-state index is 0.371. The zero-order chi connectivity index (χ0) is 15.8. The minimum Gasteiger partial charge on any atom is -0.107 e. The van der Waals surface area contributed by atoms with E-state index in [0.29, 0.717) is 7.92 Å². The van der Waals surface area contributed by atoms with Crippen molar-refractivity contribution >= 4 is 7.92 Å². The van der Waals surface area contributed by atoms with Gasteiger partial charge in [-0.3, -0.25) is 0 Å². The highest BCUT2D eigenvalue weighted by Gasteiger charge is 2.11. The van der Waals surface area contributed by atoms with Gasteiger partial charge in [-0.15, -0.1) is 7.92 Å². The van der Waals surface area contributed by atoms with Gasteiger partial charge in [-0.2, -0.15) is 0 Å². The number of hydrogen-bond acceptors (Lipinski definition) is 0. The van der Waals surface area contributed by atoms with Gasteiger partial charge in [-0.05, 0) is 43.7 Å². The van der Waals surface area contributed by atoms with E-state index in [2.05, 4.69) is 27.7 Å². The molecule has 0 bridgehead atoms. The summed E-state index contributed by atoms with van der Waals surface area (Å²) in [5, 5.41) is 0. The van der Waals surface area contributed by atoms with Crippen molar-refractivity contribution in [3.05, 3.63) is 0 Å². The first-order valence-corrected chi connectivity index (χ1v) is 11.9. The van der Waals surface area contributed by atoms with Crippen LogP contribution in [0, 0.1) is 5.92 Å². The summed E-state index contributed by atoms with van der Waals surface area (Å²) in [6, 6.07) is 0. The fraction of sp³-hybridized carbons (Fsp3) is 1.00. The second-order valence-electron chi connectivity index (χ2n) is 6.84. The summed E-state index contributed by atoms with van der Waals surface area (Å²) >= 11 is 0. The third-order valence-corrected chi connectivity index (χ3v) is 7.52. The lowest BCUT2D eigenvalue weighted by atomic mass is 9.92. The van der Waals surface area contributed by atoms with Crippen LogP contribution in [0.3, 0.4) is 0 Å². The molecule has 0 spiro atoms. The predicted octanol–water partition coefficient (Wildman–Crippen LogP) is 7.85. The highest BCUT2D eigenvalue weighted by Crippen LogP contribution is 2.39. The maximum Gasteiger partial charge on any atom is -0.0326 e. The van der Waals surface area contributed by atoms with Crippen LogP contribution >= 0.6 is 7.92 Å².